The molecule has 1 unspecified atom stereocenters. The van der Waals surface area contributed by atoms with Crippen LogP contribution in [0.5, 0.6) is 0 Å². The fourth-order valence-electron chi connectivity index (χ4n) is 2.65. The van der Waals surface area contributed by atoms with Gasteiger partial charge in [0.1, 0.15) is 5.82 Å². The van der Waals surface area contributed by atoms with Crippen molar-refractivity contribution in [1.82, 2.24) is 19.5 Å². The Labute approximate surface area is 113 Å². The van der Waals surface area contributed by atoms with Crippen molar-refractivity contribution in [3.63, 3.8) is 0 Å². The van der Waals surface area contributed by atoms with Crippen LogP contribution in [0, 0.1) is 13.8 Å². The highest BCUT2D eigenvalue weighted by molar-refractivity contribution is 5.33. The molecule has 0 bridgehead atoms. The normalized spacial score (nSPS) is 19.1. The second-order valence-electron chi connectivity index (χ2n) is 5.18. The van der Waals surface area contributed by atoms with Crippen molar-refractivity contribution in [3.8, 4) is 0 Å². The maximum absolute atomic E-state index is 4.45. The molecule has 19 heavy (non-hydrogen) atoms. The van der Waals surface area contributed by atoms with Crippen LogP contribution in [0.1, 0.15) is 24.2 Å². The molecule has 1 aliphatic rings. The third-order valence-electron chi connectivity index (χ3n) is 3.73. The Kier molecular flexibility index (Phi) is 3.19. The summed E-state index contributed by atoms with van der Waals surface area (Å²) in [5.41, 5.74) is 1.10. The zero-order chi connectivity index (χ0) is 13.2. The molecule has 1 aliphatic heterocycles. The number of rotatable bonds is 3. The van der Waals surface area contributed by atoms with Crippen LogP contribution in [0.15, 0.2) is 24.8 Å². The standard InChI is InChI=1S/C14H19N5/c1-11-8-16-14(17-9-11)19-6-3-4-13(19)10-18-7-5-15-12(18)2/h5,7-9,13H,3-4,6,10H2,1-2H3. The zero-order valence-corrected chi connectivity index (χ0v) is 11.5. The highest BCUT2D eigenvalue weighted by Gasteiger charge is 2.27. The predicted octanol–water partition coefficient (Wildman–Crippen LogP) is 1.96. The van der Waals surface area contributed by atoms with Gasteiger partial charge in [0, 0.05) is 43.9 Å². The Bertz CT molecular complexity index is 545. The molecule has 2 aromatic rings. The predicted molar refractivity (Wildman–Crippen MR) is 74.1 cm³/mol. The van der Waals surface area contributed by atoms with Crippen LogP contribution in [-0.2, 0) is 6.54 Å². The molecular weight excluding hydrogens is 238 g/mol. The third kappa shape index (κ3) is 2.45. The molecular formula is C14H19N5. The van der Waals surface area contributed by atoms with Gasteiger partial charge in [-0.1, -0.05) is 0 Å². The van der Waals surface area contributed by atoms with E-state index < -0.39 is 0 Å². The first-order valence-electron chi connectivity index (χ1n) is 6.77. The van der Waals surface area contributed by atoms with E-state index in [0.717, 1.165) is 30.4 Å². The van der Waals surface area contributed by atoms with Crippen molar-refractivity contribution in [2.75, 3.05) is 11.4 Å². The van der Waals surface area contributed by atoms with Crippen molar-refractivity contribution in [2.24, 2.45) is 0 Å². The maximum atomic E-state index is 4.45. The fourth-order valence-corrected chi connectivity index (χ4v) is 2.65. The molecule has 0 amide bonds. The molecule has 0 aromatic carbocycles. The van der Waals surface area contributed by atoms with Gasteiger partial charge in [0.25, 0.3) is 0 Å². The molecule has 5 heteroatoms. The van der Waals surface area contributed by atoms with Gasteiger partial charge in [-0.05, 0) is 32.3 Å². The molecule has 0 N–H and O–H groups in total. The zero-order valence-electron chi connectivity index (χ0n) is 11.5. The lowest BCUT2D eigenvalue weighted by Crippen LogP contribution is -2.34. The van der Waals surface area contributed by atoms with Gasteiger partial charge in [-0.3, -0.25) is 0 Å². The molecule has 0 spiro atoms. The van der Waals surface area contributed by atoms with E-state index in [1.807, 2.05) is 38.6 Å². The molecule has 5 nitrogen and oxygen atoms in total. The van der Waals surface area contributed by atoms with Crippen molar-refractivity contribution in [2.45, 2.75) is 39.3 Å². The maximum Gasteiger partial charge on any atom is 0.225 e. The van der Waals surface area contributed by atoms with E-state index in [4.69, 9.17) is 0 Å². The Morgan fingerprint density at radius 3 is 2.68 bits per heavy atom. The van der Waals surface area contributed by atoms with Crippen LogP contribution >= 0.6 is 0 Å². The minimum Gasteiger partial charge on any atom is -0.336 e. The van der Waals surface area contributed by atoms with Gasteiger partial charge in [0.2, 0.25) is 5.95 Å². The molecule has 0 aliphatic carbocycles. The van der Waals surface area contributed by atoms with Crippen molar-refractivity contribution in [3.05, 3.63) is 36.2 Å². The van der Waals surface area contributed by atoms with E-state index >= 15 is 0 Å². The van der Waals surface area contributed by atoms with E-state index in [9.17, 15) is 0 Å². The lowest BCUT2D eigenvalue weighted by Gasteiger charge is -2.25. The Hall–Kier alpha value is -1.91. The minimum absolute atomic E-state index is 0.468. The van der Waals surface area contributed by atoms with Gasteiger partial charge in [-0.25, -0.2) is 15.0 Å². The summed E-state index contributed by atoms with van der Waals surface area (Å²) in [5.74, 6) is 1.92. The van der Waals surface area contributed by atoms with Crippen LogP contribution in [-0.4, -0.2) is 32.1 Å². The van der Waals surface area contributed by atoms with Gasteiger partial charge in [-0.2, -0.15) is 0 Å². The summed E-state index contributed by atoms with van der Waals surface area (Å²) in [6.45, 7) is 6.06. The quantitative estimate of drug-likeness (QED) is 0.843. The number of anilines is 1. The van der Waals surface area contributed by atoms with E-state index in [2.05, 4.69) is 24.4 Å². The van der Waals surface area contributed by atoms with Gasteiger partial charge in [-0.15, -0.1) is 0 Å². The van der Waals surface area contributed by atoms with Crippen molar-refractivity contribution >= 4 is 5.95 Å². The minimum atomic E-state index is 0.468. The van der Waals surface area contributed by atoms with Gasteiger partial charge < -0.3 is 9.47 Å². The van der Waals surface area contributed by atoms with E-state index in [1.165, 1.54) is 12.8 Å². The molecule has 2 aromatic heterocycles. The number of imidazole rings is 1. The molecule has 1 fully saturated rings. The Morgan fingerprint density at radius 1 is 1.21 bits per heavy atom. The fraction of sp³-hybridized carbons (Fsp3) is 0.500. The highest BCUT2D eigenvalue weighted by atomic mass is 15.3. The second kappa shape index (κ2) is 4.99. The average Bonchev–Trinajstić information content (AvgIpc) is 3.01. The third-order valence-corrected chi connectivity index (χ3v) is 3.73. The van der Waals surface area contributed by atoms with Crippen molar-refractivity contribution < 1.29 is 0 Å². The first-order chi connectivity index (χ1) is 9.24. The first-order valence-corrected chi connectivity index (χ1v) is 6.77. The summed E-state index contributed by atoms with van der Waals surface area (Å²) in [6, 6.07) is 0.468. The van der Waals surface area contributed by atoms with Crippen LogP contribution in [0.4, 0.5) is 5.95 Å². The average molecular weight is 257 g/mol. The van der Waals surface area contributed by atoms with E-state index in [-0.39, 0.29) is 0 Å². The molecule has 0 radical (unpaired) electrons. The monoisotopic (exact) mass is 257 g/mol. The molecule has 100 valence electrons. The second-order valence-corrected chi connectivity index (χ2v) is 5.18. The largest absolute Gasteiger partial charge is 0.336 e. The van der Waals surface area contributed by atoms with E-state index in [1.54, 1.807) is 0 Å². The summed E-state index contributed by atoms with van der Waals surface area (Å²) in [7, 11) is 0. The summed E-state index contributed by atoms with van der Waals surface area (Å²) in [4.78, 5) is 15.5. The summed E-state index contributed by atoms with van der Waals surface area (Å²) in [6.07, 6.45) is 10.1. The van der Waals surface area contributed by atoms with Crippen LogP contribution in [0.25, 0.3) is 0 Å². The number of aryl methyl sites for hydroxylation is 2. The first kappa shape index (κ1) is 12.1. The number of hydrogen-bond donors (Lipinski definition) is 0. The van der Waals surface area contributed by atoms with E-state index in [0.29, 0.717) is 6.04 Å². The van der Waals surface area contributed by atoms with Gasteiger partial charge >= 0.3 is 0 Å². The molecule has 0 saturated carbocycles. The lowest BCUT2D eigenvalue weighted by molar-refractivity contribution is 0.535. The highest BCUT2D eigenvalue weighted by Crippen LogP contribution is 2.23. The van der Waals surface area contributed by atoms with Crippen LogP contribution in [0.2, 0.25) is 0 Å². The molecule has 3 rings (SSSR count). The molecule has 1 saturated heterocycles. The topological polar surface area (TPSA) is 46.8 Å². The molecule has 3 heterocycles. The number of hydrogen-bond acceptors (Lipinski definition) is 4. The Balaban J connectivity index is 1.78. The van der Waals surface area contributed by atoms with Crippen LogP contribution in [0.3, 0.4) is 0 Å². The van der Waals surface area contributed by atoms with Gasteiger partial charge in [0.05, 0.1) is 0 Å². The van der Waals surface area contributed by atoms with Gasteiger partial charge in [0.15, 0.2) is 0 Å². The number of nitrogens with zero attached hydrogens (tertiary/aromatic N) is 5. The van der Waals surface area contributed by atoms with Crippen LogP contribution < -0.4 is 4.90 Å². The Morgan fingerprint density at radius 2 is 2.00 bits per heavy atom. The van der Waals surface area contributed by atoms with Crippen molar-refractivity contribution in [1.29, 1.82) is 0 Å². The SMILES string of the molecule is Cc1cnc(N2CCCC2Cn2ccnc2C)nc1. The lowest BCUT2D eigenvalue weighted by atomic mass is 10.2. The number of aromatic nitrogens is 4. The summed E-state index contributed by atoms with van der Waals surface area (Å²) < 4.78 is 2.21. The molecule has 1 atom stereocenters. The summed E-state index contributed by atoms with van der Waals surface area (Å²) in [5, 5.41) is 0. The summed E-state index contributed by atoms with van der Waals surface area (Å²) >= 11 is 0. The smallest absolute Gasteiger partial charge is 0.225 e.